The molecule has 0 saturated heterocycles. The van der Waals surface area contributed by atoms with E-state index in [9.17, 15) is 14.0 Å². The Kier molecular flexibility index (Phi) is 4.97. The molecule has 0 spiro atoms. The van der Waals surface area contributed by atoms with Crippen molar-refractivity contribution < 1.29 is 18.7 Å². The molecular weight excluding hydrogens is 365 g/mol. The molecule has 2 rings (SSSR count). The quantitative estimate of drug-likeness (QED) is 0.832. The number of aromatic nitrogens is 2. The van der Waals surface area contributed by atoms with Crippen molar-refractivity contribution in [3.05, 3.63) is 39.1 Å². The number of carbonyl (C=O) groups is 2. The van der Waals surface area contributed by atoms with E-state index in [1.54, 1.807) is 13.0 Å². The Hall–Kier alpha value is -1.87. The molecule has 2 aromatic rings. The van der Waals surface area contributed by atoms with Gasteiger partial charge in [-0.1, -0.05) is 20.4 Å². The van der Waals surface area contributed by atoms with Crippen LogP contribution >= 0.6 is 27.5 Å². The zero-order chi connectivity index (χ0) is 15.4. The number of ether oxygens (including phenoxy) is 1. The van der Waals surface area contributed by atoms with Crippen molar-refractivity contribution in [3.63, 3.8) is 0 Å². The van der Waals surface area contributed by atoms with Gasteiger partial charge >= 0.3 is 5.97 Å². The van der Waals surface area contributed by atoms with Gasteiger partial charge in [0, 0.05) is 4.47 Å². The summed E-state index contributed by atoms with van der Waals surface area (Å²) in [5.41, 5.74) is 0.444. The van der Waals surface area contributed by atoms with Crippen molar-refractivity contribution >= 4 is 45.0 Å². The van der Waals surface area contributed by atoms with E-state index in [0.717, 1.165) is 11.5 Å². The van der Waals surface area contributed by atoms with Crippen LogP contribution in [0.5, 0.6) is 0 Å². The fraction of sp³-hybridized carbons (Fsp3) is 0.167. The smallest absolute Gasteiger partial charge is 0.352 e. The summed E-state index contributed by atoms with van der Waals surface area (Å²) in [5.74, 6) is -1.92. The van der Waals surface area contributed by atoms with Crippen LogP contribution in [0.25, 0.3) is 0 Å². The molecule has 0 radical (unpaired) electrons. The molecule has 1 heterocycles. The number of nitrogens with zero attached hydrogens (tertiary/aromatic N) is 2. The van der Waals surface area contributed by atoms with Crippen molar-refractivity contribution in [2.24, 2.45) is 0 Å². The Morgan fingerprint density at radius 3 is 2.86 bits per heavy atom. The number of carbonyl (C=O) groups excluding carboxylic acids is 2. The second-order valence-corrected chi connectivity index (χ2v) is 5.61. The molecule has 0 aliphatic heterocycles. The number of halogens is 2. The number of hydrogen-bond acceptors (Lipinski definition) is 6. The molecule has 1 aromatic carbocycles. The molecule has 1 N–H and O–H groups in total. The summed E-state index contributed by atoms with van der Waals surface area (Å²) in [5, 5.41) is 5.98. The van der Waals surface area contributed by atoms with E-state index in [1.807, 2.05) is 0 Å². The van der Waals surface area contributed by atoms with Gasteiger partial charge in [0.15, 0.2) is 11.5 Å². The van der Waals surface area contributed by atoms with E-state index in [4.69, 9.17) is 4.74 Å². The van der Waals surface area contributed by atoms with Crippen molar-refractivity contribution in [3.8, 4) is 0 Å². The largest absolute Gasteiger partial charge is 0.451 e. The topological polar surface area (TPSA) is 81.2 Å². The van der Waals surface area contributed by atoms with Crippen LogP contribution in [0.3, 0.4) is 0 Å². The summed E-state index contributed by atoms with van der Waals surface area (Å²) >= 11 is 3.99. The van der Waals surface area contributed by atoms with Gasteiger partial charge in [0.2, 0.25) is 0 Å². The van der Waals surface area contributed by atoms with Gasteiger partial charge in [-0.05, 0) is 36.7 Å². The van der Waals surface area contributed by atoms with Crippen molar-refractivity contribution in [2.45, 2.75) is 6.92 Å². The maximum atomic E-state index is 13.5. The Morgan fingerprint density at radius 2 is 2.24 bits per heavy atom. The van der Waals surface area contributed by atoms with Crippen LogP contribution in [0.2, 0.25) is 0 Å². The minimum Gasteiger partial charge on any atom is -0.451 e. The summed E-state index contributed by atoms with van der Waals surface area (Å²) in [7, 11) is 0. The minimum absolute atomic E-state index is 0.00915. The van der Waals surface area contributed by atoms with Crippen molar-refractivity contribution in [2.75, 3.05) is 11.9 Å². The van der Waals surface area contributed by atoms with E-state index in [1.165, 1.54) is 12.1 Å². The van der Waals surface area contributed by atoms with Crippen LogP contribution in [-0.4, -0.2) is 28.1 Å². The third-order valence-electron chi connectivity index (χ3n) is 2.38. The standard InChI is InChI=1S/C12H9BrFN3O3S/c1-6-11(21-17-16-6)12(19)20-5-10(18)15-9-3-2-7(13)4-8(9)14/h2-4H,5H2,1H3,(H,15,18). The molecule has 0 aliphatic carbocycles. The average Bonchev–Trinajstić information content (AvgIpc) is 2.85. The fourth-order valence-electron chi connectivity index (χ4n) is 1.39. The van der Waals surface area contributed by atoms with E-state index in [2.05, 4.69) is 30.8 Å². The van der Waals surface area contributed by atoms with Crippen LogP contribution < -0.4 is 5.32 Å². The first-order chi connectivity index (χ1) is 9.97. The third kappa shape index (κ3) is 4.05. The lowest BCUT2D eigenvalue weighted by molar-refractivity contribution is -0.119. The highest BCUT2D eigenvalue weighted by Crippen LogP contribution is 2.19. The van der Waals surface area contributed by atoms with Crippen LogP contribution in [0, 0.1) is 12.7 Å². The first-order valence-electron chi connectivity index (χ1n) is 5.68. The van der Waals surface area contributed by atoms with E-state index in [-0.39, 0.29) is 10.6 Å². The first-order valence-corrected chi connectivity index (χ1v) is 7.25. The molecule has 0 aliphatic rings. The lowest BCUT2D eigenvalue weighted by Crippen LogP contribution is -2.21. The molecule has 21 heavy (non-hydrogen) atoms. The SMILES string of the molecule is Cc1nnsc1C(=O)OCC(=O)Nc1ccc(Br)cc1F. The number of nitrogens with one attached hydrogen (secondary N) is 1. The number of anilines is 1. The van der Waals surface area contributed by atoms with E-state index >= 15 is 0 Å². The number of aryl methyl sites for hydroxylation is 1. The molecule has 0 unspecified atom stereocenters. The Bertz CT molecular complexity index is 692. The molecular formula is C12H9BrFN3O3S. The molecule has 9 heteroatoms. The maximum Gasteiger partial charge on any atom is 0.352 e. The van der Waals surface area contributed by atoms with Gasteiger partial charge in [-0.2, -0.15) is 0 Å². The van der Waals surface area contributed by atoms with Gasteiger partial charge in [-0.15, -0.1) is 5.10 Å². The molecule has 0 fully saturated rings. The average molecular weight is 374 g/mol. The predicted octanol–water partition coefficient (Wildman–Crippen LogP) is 2.54. The highest BCUT2D eigenvalue weighted by molar-refractivity contribution is 9.10. The van der Waals surface area contributed by atoms with Crippen molar-refractivity contribution in [1.29, 1.82) is 0 Å². The summed E-state index contributed by atoms with van der Waals surface area (Å²) < 4.78 is 22.5. The number of rotatable bonds is 4. The maximum absolute atomic E-state index is 13.5. The molecule has 0 atom stereocenters. The second kappa shape index (κ2) is 6.72. The summed E-state index contributed by atoms with van der Waals surface area (Å²) in [4.78, 5) is 23.5. The normalized spacial score (nSPS) is 10.2. The van der Waals surface area contributed by atoms with Crippen LogP contribution in [0.15, 0.2) is 22.7 Å². The zero-order valence-electron chi connectivity index (χ0n) is 10.7. The van der Waals surface area contributed by atoms with Gasteiger partial charge in [0.25, 0.3) is 5.91 Å². The van der Waals surface area contributed by atoms with Crippen LogP contribution in [0.4, 0.5) is 10.1 Å². The molecule has 0 bridgehead atoms. The molecule has 6 nitrogen and oxygen atoms in total. The van der Waals surface area contributed by atoms with E-state index < -0.39 is 24.3 Å². The second-order valence-electron chi connectivity index (χ2n) is 3.94. The lowest BCUT2D eigenvalue weighted by atomic mass is 10.3. The molecule has 1 amide bonds. The predicted molar refractivity (Wildman–Crippen MR) is 77.7 cm³/mol. The fourth-order valence-corrected chi connectivity index (χ4v) is 2.28. The minimum atomic E-state index is -0.686. The van der Waals surface area contributed by atoms with Gasteiger partial charge in [0.1, 0.15) is 5.82 Å². The Morgan fingerprint density at radius 1 is 1.48 bits per heavy atom. The zero-order valence-corrected chi connectivity index (χ0v) is 13.1. The van der Waals surface area contributed by atoms with Crippen molar-refractivity contribution in [1.82, 2.24) is 9.59 Å². The van der Waals surface area contributed by atoms with Gasteiger partial charge in [-0.25, -0.2) is 9.18 Å². The summed E-state index contributed by atoms with van der Waals surface area (Å²) in [6.45, 7) is 1.09. The van der Waals surface area contributed by atoms with Crippen LogP contribution in [0.1, 0.15) is 15.4 Å². The van der Waals surface area contributed by atoms with E-state index in [0.29, 0.717) is 10.2 Å². The number of benzene rings is 1. The monoisotopic (exact) mass is 373 g/mol. The highest BCUT2D eigenvalue weighted by Gasteiger charge is 2.16. The highest BCUT2D eigenvalue weighted by atomic mass is 79.9. The summed E-state index contributed by atoms with van der Waals surface area (Å²) in [6.07, 6.45) is 0. The number of amides is 1. The molecule has 0 saturated carbocycles. The number of esters is 1. The summed E-state index contributed by atoms with van der Waals surface area (Å²) in [6, 6.07) is 4.20. The van der Waals surface area contributed by atoms with Gasteiger partial charge in [-0.3, -0.25) is 4.79 Å². The molecule has 110 valence electrons. The molecule has 1 aromatic heterocycles. The van der Waals surface area contributed by atoms with Crippen LogP contribution in [-0.2, 0) is 9.53 Å². The first kappa shape index (κ1) is 15.5. The number of hydrogen-bond donors (Lipinski definition) is 1. The van der Waals surface area contributed by atoms with Gasteiger partial charge < -0.3 is 10.1 Å². The van der Waals surface area contributed by atoms with Gasteiger partial charge in [0.05, 0.1) is 11.4 Å². The lowest BCUT2D eigenvalue weighted by Gasteiger charge is -2.07. The Labute approximate surface area is 131 Å². The Balaban J connectivity index is 1.90. The third-order valence-corrected chi connectivity index (χ3v) is 3.68.